The van der Waals surface area contributed by atoms with Crippen LogP contribution in [0.15, 0.2) is 95.0 Å². The predicted molar refractivity (Wildman–Crippen MR) is 143 cm³/mol. The number of carbonyl (C=O) groups excluding carboxylic acids is 3. The number of hydrogen-bond donors (Lipinski definition) is 1. The van der Waals surface area contributed by atoms with Gasteiger partial charge in [0.1, 0.15) is 17.9 Å². The summed E-state index contributed by atoms with van der Waals surface area (Å²) >= 11 is 9.65. The van der Waals surface area contributed by atoms with Gasteiger partial charge in [0.25, 0.3) is 11.8 Å². The Hall–Kier alpha value is -3.94. The molecule has 1 aliphatic rings. The number of amides is 4. The summed E-state index contributed by atoms with van der Waals surface area (Å²) in [7, 11) is 0. The minimum absolute atomic E-state index is 0.182. The van der Waals surface area contributed by atoms with E-state index >= 15 is 0 Å². The maximum atomic E-state index is 13.3. The molecule has 4 aromatic carbocycles. The van der Waals surface area contributed by atoms with Gasteiger partial charge in [-0.3, -0.25) is 14.9 Å². The van der Waals surface area contributed by atoms with E-state index in [1.54, 1.807) is 30.3 Å². The number of fused-ring (bicyclic) bond motifs is 1. The van der Waals surface area contributed by atoms with Crippen LogP contribution in [0, 0.1) is 0 Å². The van der Waals surface area contributed by atoms with Crippen LogP contribution < -0.4 is 15.0 Å². The third-order valence-corrected chi connectivity index (χ3v) is 6.54. The van der Waals surface area contributed by atoms with Gasteiger partial charge in [-0.1, -0.05) is 82.1 Å². The average Bonchev–Trinajstić information content (AvgIpc) is 2.87. The molecule has 1 fully saturated rings. The number of anilines is 1. The monoisotopic (exact) mass is 560 g/mol. The summed E-state index contributed by atoms with van der Waals surface area (Å²) in [6.45, 7) is 0.281. The first-order valence-electron chi connectivity index (χ1n) is 11.0. The maximum Gasteiger partial charge on any atom is 0.335 e. The van der Waals surface area contributed by atoms with Gasteiger partial charge in [0.05, 0.1) is 10.7 Å². The Bertz CT molecular complexity index is 1560. The van der Waals surface area contributed by atoms with Crippen molar-refractivity contribution in [3.63, 3.8) is 0 Å². The van der Waals surface area contributed by atoms with E-state index in [4.69, 9.17) is 16.3 Å². The highest BCUT2D eigenvalue weighted by molar-refractivity contribution is 9.10. The molecule has 5 rings (SSSR count). The number of carbonyl (C=O) groups is 3. The zero-order valence-corrected chi connectivity index (χ0v) is 21.0. The highest BCUT2D eigenvalue weighted by atomic mass is 79.9. The zero-order chi connectivity index (χ0) is 25.2. The molecule has 0 aliphatic carbocycles. The van der Waals surface area contributed by atoms with E-state index in [2.05, 4.69) is 21.2 Å². The number of benzene rings is 4. The second kappa shape index (κ2) is 9.97. The Kier molecular flexibility index (Phi) is 6.59. The molecule has 0 spiro atoms. The third kappa shape index (κ3) is 4.63. The molecule has 0 radical (unpaired) electrons. The smallest absolute Gasteiger partial charge is 0.335 e. The second-order valence-electron chi connectivity index (χ2n) is 8.02. The van der Waals surface area contributed by atoms with E-state index in [0.717, 1.165) is 25.7 Å². The van der Waals surface area contributed by atoms with E-state index in [9.17, 15) is 14.4 Å². The molecule has 0 saturated carbocycles. The van der Waals surface area contributed by atoms with E-state index in [1.165, 1.54) is 12.1 Å². The fourth-order valence-electron chi connectivity index (χ4n) is 4.00. The molecule has 4 amide bonds. The summed E-state index contributed by atoms with van der Waals surface area (Å²) in [6, 6.07) is 24.9. The molecule has 0 unspecified atom stereocenters. The first kappa shape index (κ1) is 23.8. The minimum atomic E-state index is -0.864. The number of nitrogens with zero attached hydrogens (tertiary/aromatic N) is 1. The van der Waals surface area contributed by atoms with Crippen molar-refractivity contribution in [2.75, 3.05) is 4.90 Å². The highest BCUT2D eigenvalue weighted by Crippen LogP contribution is 2.31. The van der Waals surface area contributed by atoms with Crippen molar-refractivity contribution in [2.24, 2.45) is 0 Å². The summed E-state index contributed by atoms with van der Waals surface area (Å²) < 4.78 is 6.87. The Balaban J connectivity index is 1.49. The first-order chi connectivity index (χ1) is 17.4. The molecule has 8 heteroatoms. The van der Waals surface area contributed by atoms with Crippen molar-refractivity contribution in [1.29, 1.82) is 0 Å². The van der Waals surface area contributed by atoms with Gasteiger partial charge < -0.3 is 4.74 Å². The summed E-state index contributed by atoms with van der Waals surface area (Å²) in [5, 5.41) is 4.60. The lowest BCUT2D eigenvalue weighted by Crippen LogP contribution is -2.54. The molecule has 0 atom stereocenters. The summed E-state index contributed by atoms with van der Waals surface area (Å²) in [5.74, 6) is -1.11. The van der Waals surface area contributed by atoms with Gasteiger partial charge in [-0.05, 0) is 52.7 Å². The van der Waals surface area contributed by atoms with Gasteiger partial charge in [-0.15, -0.1) is 0 Å². The molecule has 0 bridgehead atoms. The number of nitrogens with one attached hydrogen (secondary N) is 1. The summed E-state index contributed by atoms with van der Waals surface area (Å²) in [5.41, 5.74) is 1.46. The standard InChI is InChI=1S/C28H18BrClN2O4/c29-20-12-13-25(36-16-18-8-5-7-17-6-1-2-9-21(17)18)19(14-20)15-22-26(33)31-28(35)32(27(22)34)24-11-4-3-10-23(24)30/h1-15H,16H2,(H,31,33,35)/b22-15+. The first-order valence-corrected chi connectivity index (χ1v) is 12.1. The SMILES string of the molecule is O=C1NC(=O)N(c2ccccc2Cl)C(=O)/C1=C/c1cc(Br)ccc1OCc1cccc2ccccc12. The number of imide groups is 2. The van der Waals surface area contributed by atoms with Crippen LogP contribution >= 0.6 is 27.5 Å². The number of hydrogen-bond acceptors (Lipinski definition) is 4. The topological polar surface area (TPSA) is 75.7 Å². The quantitative estimate of drug-likeness (QED) is 0.223. The average molecular weight is 562 g/mol. The van der Waals surface area contributed by atoms with Crippen molar-refractivity contribution in [1.82, 2.24) is 5.32 Å². The van der Waals surface area contributed by atoms with Crippen molar-refractivity contribution in [3.8, 4) is 5.75 Å². The molecule has 36 heavy (non-hydrogen) atoms. The lowest BCUT2D eigenvalue weighted by molar-refractivity contribution is -0.122. The normalized spacial score (nSPS) is 14.9. The third-order valence-electron chi connectivity index (χ3n) is 5.73. The molecule has 6 nitrogen and oxygen atoms in total. The van der Waals surface area contributed by atoms with Gasteiger partial charge in [0.2, 0.25) is 0 Å². The molecule has 1 saturated heterocycles. The Morgan fingerprint density at radius 3 is 2.50 bits per heavy atom. The molecule has 178 valence electrons. The molecule has 1 heterocycles. The van der Waals surface area contributed by atoms with Crippen molar-refractivity contribution < 1.29 is 19.1 Å². The number of rotatable bonds is 5. The largest absolute Gasteiger partial charge is 0.488 e. The van der Waals surface area contributed by atoms with Crippen molar-refractivity contribution >= 4 is 67.9 Å². The van der Waals surface area contributed by atoms with Crippen LogP contribution in [0.3, 0.4) is 0 Å². The summed E-state index contributed by atoms with van der Waals surface area (Å²) in [4.78, 5) is 39.3. The molecule has 4 aromatic rings. The van der Waals surface area contributed by atoms with Crippen LogP contribution in [0.2, 0.25) is 5.02 Å². The Morgan fingerprint density at radius 2 is 1.67 bits per heavy atom. The zero-order valence-electron chi connectivity index (χ0n) is 18.7. The number of ether oxygens (including phenoxy) is 1. The van der Waals surface area contributed by atoms with Crippen molar-refractivity contribution in [2.45, 2.75) is 6.61 Å². The van der Waals surface area contributed by atoms with Gasteiger partial charge >= 0.3 is 6.03 Å². The van der Waals surface area contributed by atoms with Crippen LogP contribution in [0.25, 0.3) is 16.8 Å². The molecule has 1 aliphatic heterocycles. The van der Waals surface area contributed by atoms with Crippen LogP contribution in [-0.2, 0) is 16.2 Å². The predicted octanol–water partition coefficient (Wildman–Crippen LogP) is 6.50. The fraction of sp³-hybridized carbons (Fsp3) is 0.0357. The Morgan fingerprint density at radius 1 is 0.917 bits per heavy atom. The maximum absolute atomic E-state index is 13.3. The van der Waals surface area contributed by atoms with Crippen LogP contribution in [0.4, 0.5) is 10.5 Å². The highest BCUT2D eigenvalue weighted by Gasteiger charge is 2.37. The van der Waals surface area contributed by atoms with Crippen molar-refractivity contribution in [3.05, 3.63) is 111 Å². The van der Waals surface area contributed by atoms with E-state index in [-0.39, 0.29) is 22.9 Å². The molecular weight excluding hydrogens is 544 g/mol. The molecule has 0 aromatic heterocycles. The Labute approximate surface area is 220 Å². The molecular formula is C28H18BrClN2O4. The number of urea groups is 1. The van der Waals surface area contributed by atoms with Gasteiger partial charge in [-0.2, -0.15) is 0 Å². The van der Waals surface area contributed by atoms with E-state index < -0.39 is 17.8 Å². The lowest BCUT2D eigenvalue weighted by Gasteiger charge is -2.27. The molecule has 1 N–H and O–H groups in total. The number of para-hydroxylation sites is 1. The lowest BCUT2D eigenvalue weighted by atomic mass is 10.0. The number of barbiturate groups is 1. The van der Waals surface area contributed by atoms with E-state index in [0.29, 0.717) is 11.3 Å². The summed E-state index contributed by atoms with van der Waals surface area (Å²) in [6.07, 6.45) is 1.41. The minimum Gasteiger partial charge on any atom is -0.488 e. The number of halogens is 2. The van der Waals surface area contributed by atoms with Crippen LogP contribution in [0.1, 0.15) is 11.1 Å². The van der Waals surface area contributed by atoms with Crippen LogP contribution in [0.5, 0.6) is 5.75 Å². The van der Waals surface area contributed by atoms with E-state index in [1.807, 2.05) is 48.5 Å². The van der Waals surface area contributed by atoms with Gasteiger partial charge in [-0.25, -0.2) is 9.69 Å². The fourth-order valence-corrected chi connectivity index (χ4v) is 4.60. The second-order valence-corrected chi connectivity index (χ2v) is 9.34. The van der Waals surface area contributed by atoms with Crippen LogP contribution in [-0.4, -0.2) is 17.8 Å². The van der Waals surface area contributed by atoms with Gasteiger partial charge in [0, 0.05) is 10.0 Å². The van der Waals surface area contributed by atoms with Gasteiger partial charge in [0.15, 0.2) is 0 Å².